The second-order valence-corrected chi connectivity index (χ2v) is 11.0. The maximum Gasteiger partial charge on any atom is 0.338 e. The van der Waals surface area contributed by atoms with Crippen LogP contribution in [0.15, 0.2) is 46.0 Å². The van der Waals surface area contributed by atoms with Gasteiger partial charge in [0.1, 0.15) is 6.04 Å². The van der Waals surface area contributed by atoms with Gasteiger partial charge >= 0.3 is 11.9 Å². The molecule has 1 fully saturated rings. The summed E-state index contributed by atoms with van der Waals surface area (Å²) in [6.07, 6.45) is 1.16. The molecule has 0 spiro atoms. The van der Waals surface area contributed by atoms with Gasteiger partial charge in [-0.2, -0.15) is 0 Å². The van der Waals surface area contributed by atoms with Crippen molar-refractivity contribution in [1.82, 2.24) is 15.2 Å². The first-order chi connectivity index (χ1) is 18.0. The van der Waals surface area contributed by atoms with E-state index in [1.54, 1.807) is 30.6 Å². The summed E-state index contributed by atoms with van der Waals surface area (Å²) in [5, 5.41) is 15.5. The van der Waals surface area contributed by atoms with E-state index in [2.05, 4.69) is 10.3 Å². The fourth-order valence-corrected chi connectivity index (χ4v) is 5.76. The predicted octanol–water partition coefficient (Wildman–Crippen LogP) is 5.18. The van der Waals surface area contributed by atoms with Crippen molar-refractivity contribution in [3.05, 3.63) is 61.7 Å². The highest BCUT2D eigenvalue weighted by Gasteiger charge is 2.46. The van der Waals surface area contributed by atoms with Crippen LogP contribution in [0.2, 0.25) is 10.0 Å². The molecule has 1 aromatic heterocycles. The van der Waals surface area contributed by atoms with Crippen LogP contribution >= 0.6 is 34.5 Å². The van der Waals surface area contributed by atoms with Crippen molar-refractivity contribution < 1.29 is 28.2 Å². The van der Waals surface area contributed by atoms with Crippen molar-refractivity contribution in [2.24, 2.45) is 10.9 Å². The van der Waals surface area contributed by atoms with Crippen molar-refractivity contribution in [2.75, 3.05) is 19.7 Å². The number of aliphatic imine (C=N–C) groups is 1. The zero-order valence-corrected chi connectivity index (χ0v) is 22.9. The number of benzene rings is 1. The van der Waals surface area contributed by atoms with E-state index in [0.29, 0.717) is 27.1 Å². The number of nitrogens with one attached hydrogen (secondary N) is 1. The molecule has 2 N–H and O–H groups in total. The fourth-order valence-electron chi connectivity index (χ4n) is 4.66. The Morgan fingerprint density at radius 1 is 1.37 bits per heavy atom. The molecule has 0 aliphatic carbocycles. The third-order valence-electron chi connectivity index (χ3n) is 6.41. The molecular weight excluding hydrogens is 561 g/mol. The quantitative estimate of drug-likeness (QED) is 0.390. The van der Waals surface area contributed by atoms with E-state index < -0.39 is 48.8 Å². The molecule has 204 valence electrons. The number of alkyl halides is 2. The number of carboxylic acid groups (broad SMARTS) is 1. The number of rotatable bonds is 9. The van der Waals surface area contributed by atoms with E-state index in [1.165, 1.54) is 29.2 Å². The topological polar surface area (TPSA) is 104 Å². The van der Waals surface area contributed by atoms with Crippen molar-refractivity contribution in [3.63, 3.8) is 0 Å². The molecule has 0 amide bonds. The molecule has 3 atom stereocenters. The highest BCUT2D eigenvalue weighted by atomic mass is 35.5. The zero-order chi connectivity index (χ0) is 27.6. The summed E-state index contributed by atoms with van der Waals surface area (Å²) in [6, 6.07) is 3.17. The summed E-state index contributed by atoms with van der Waals surface area (Å²) in [4.78, 5) is 35.3. The molecule has 3 heterocycles. The Morgan fingerprint density at radius 2 is 2.13 bits per heavy atom. The molecular formula is C25H26Cl2F2N4O4S. The van der Waals surface area contributed by atoms with Gasteiger partial charge in [0.2, 0.25) is 0 Å². The molecule has 38 heavy (non-hydrogen) atoms. The molecule has 2 aliphatic rings. The number of thiazole rings is 1. The Balaban J connectivity index is 1.80. The Kier molecular flexibility index (Phi) is 8.71. The minimum absolute atomic E-state index is 0.0345. The van der Waals surface area contributed by atoms with Crippen molar-refractivity contribution in [1.29, 1.82) is 0 Å². The van der Waals surface area contributed by atoms with Crippen LogP contribution in [0, 0.1) is 5.92 Å². The number of hydrogen-bond donors (Lipinski definition) is 2. The van der Waals surface area contributed by atoms with Crippen LogP contribution in [-0.2, 0) is 14.3 Å². The van der Waals surface area contributed by atoms with Crippen LogP contribution in [0.5, 0.6) is 0 Å². The first-order valence-electron chi connectivity index (χ1n) is 11.9. The number of aliphatic carboxylic acids is 1. The molecule has 1 saturated heterocycles. The number of ether oxygens (including phenoxy) is 1. The maximum absolute atomic E-state index is 14.6. The van der Waals surface area contributed by atoms with E-state index in [4.69, 9.17) is 32.9 Å². The lowest BCUT2D eigenvalue weighted by atomic mass is 9.94. The third-order valence-corrected chi connectivity index (χ3v) is 7.75. The number of esters is 1. The van der Waals surface area contributed by atoms with Crippen LogP contribution in [0.4, 0.5) is 8.78 Å². The van der Waals surface area contributed by atoms with Gasteiger partial charge < -0.3 is 15.2 Å². The monoisotopic (exact) mass is 586 g/mol. The lowest BCUT2D eigenvalue weighted by Crippen LogP contribution is -2.42. The molecule has 4 rings (SSSR count). The van der Waals surface area contributed by atoms with E-state index >= 15 is 0 Å². The van der Waals surface area contributed by atoms with Gasteiger partial charge in [-0.25, -0.2) is 18.6 Å². The fraction of sp³-hybridized carbons (Fsp3) is 0.440. The average molecular weight is 587 g/mol. The van der Waals surface area contributed by atoms with Crippen LogP contribution < -0.4 is 5.32 Å². The first kappa shape index (κ1) is 28.4. The first-order valence-corrected chi connectivity index (χ1v) is 13.6. The normalized spacial score (nSPS) is 22.1. The van der Waals surface area contributed by atoms with E-state index in [0.717, 1.165) is 0 Å². The van der Waals surface area contributed by atoms with Gasteiger partial charge in [-0.1, -0.05) is 36.2 Å². The highest BCUT2D eigenvalue weighted by molar-refractivity contribution is 7.11. The molecule has 2 aliphatic heterocycles. The van der Waals surface area contributed by atoms with Gasteiger partial charge in [-0.3, -0.25) is 14.7 Å². The number of halogens is 4. The number of aromatic nitrogens is 1. The summed E-state index contributed by atoms with van der Waals surface area (Å²) >= 11 is 13.9. The number of carboxylic acids is 1. The van der Waals surface area contributed by atoms with Crippen LogP contribution in [0.25, 0.3) is 0 Å². The predicted molar refractivity (Wildman–Crippen MR) is 141 cm³/mol. The average Bonchev–Trinajstić information content (AvgIpc) is 3.46. The van der Waals surface area contributed by atoms with Crippen molar-refractivity contribution in [2.45, 2.75) is 44.7 Å². The highest BCUT2D eigenvalue weighted by Crippen LogP contribution is 2.40. The zero-order valence-electron chi connectivity index (χ0n) is 20.6. The lowest BCUT2D eigenvalue weighted by Gasteiger charge is -2.31. The number of hydrogen-bond acceptors (Lipinski definition) is 8. The number of amidine groups is 1. The lowest BCUT2D eigenvalue weighted by molar-refractivity contribution is -0.142. The molecule has 8 nitrogen and oxygen atoms in total. The standard InChI is InChI=1S/C25H26Cl2F2N4O4S/c1-3-37-24(36)19-18(11-33-12-25(28,29)10-15(33)8-13(2)23(34)35)31-21(22-30-6-7-38-22)32-20(19)16-5-4-14(26)9-17(16)27/h4-7,9,13,15,20H,3,8,10-12H2,1-2H3,(H,31,32)(H,34,35)/t13?,15?,20-/m0/s1. The van der Waals surface area contributed by atoms with Gasteiger partial charge in [0, 0.05) is 51.9 Å². The second-order valence-electron chi connectivity index (χ2n) is 9.21. The summed E-state index contributed by atoms with van der Waals surface area (Å²) in [6.45, 7) is 2.56. The number of nitrogens with zero attached hydrogens (tertiary/aromatic N) is 3. The summed E-state index contributed by atoms with van der Waals surface area (Å²) in [5.74, 6) is -5.21. The molecule has 13 heteroatoms. The maximum atomic E-state index is 14.6. The molecule has 1 aromatic carbocycles. The summed E-state index contributed by atoms with van der Waals surface area (Å²) in [7, 11) is 0. The van der Waals surface area contributed by atoms with Crippen molar-refractivity contribution >= 4 is 52.3 Å². The molecule has 2 aromatic rings. The molecule has 0 bridgehead atoms. The van der Waals surface area contributed by atoms with Gasteiger partial charge in [0.25, 0.3) is 5.92 Å². The second kappa shape index (κ2) is 11.6. The number of carbonyl (C=O) groups excluding carboxylic acids is 1. The molecule has 0 radical (unpaired) electrons. The van der Waals surface area contributed by atoms with E-state index in [1.807, 2.05) is 0 Å². The number of carbonyl (C=O) groups is 2. The summed E-state index contributed by atoms with van der Waals surface area (Å²) in [5.41, 5.74) is 0.914. The van der Waals surface area contributed by atoms with Crippen LogP contribution in [-0.4, -0.2) is 64.4 Å². The Labute approximate surface area is 232 Å². The van der Waals surface area contributed by atoms with Crippen LogP contribution in [0.3, 0.4) is 0 Å². The minimum Gasteiger partial charge on any atom is -0.481 e. The van der Waals surface area contributed by atoms with Gasteiger partial charge in [-0.15, -0.1) is 11.3 Å². The van der Waals surface area contributed by atoms with Gasteiger partial charge in [0.05, 0.1) is 24.6 Å². The third kappa shape index (κ3) is 6.33. The van der Waals surface area contributed by atoms with E-state index in [9.17, 15) is 23.5 Å². The summed E-state index contributed by atoms with van der Waals surface area (Å²) < 4.78 is 34.5. The Bertz CT molecular complexity index is 1270. The smallest absolute Gasteiger partial charge is 0.338 e. The van der Waals surface area contributed by atoms with Gasteiger partial charge in [-0.05, 0) is 25.5 Å². The Morgan fingerprint density at radius 3 is 2.76 bits per heavy atom. The number of likely N-dealkylation sites (tertiary alicyclic amines) is 1. The van der Waals surface area contributed by atoms with Crippen LogP contribution in [0.1, 0.15) is 43.3 Å². The Hall–Kier alpha value is -2.60. The SMILES string of the molecule is CCOC(=O)C1=C(CN2CC(F)(F)CC2CC(C)C(=O)O)NC(c2nccs2)=N[C@H]1c1ccc(Cl)cc1Cl. The minimum atomic E-state index is -3.01. The molecule has 2 unspecified atom stereocenters. The van der Waals surface area contributed by atoms with E-state index in [-0.39, 0.29) is 30.2 Å². The van der Waals surface area contributed by atoms with Crippen molar-refractivity contribution in [3.8, 4) is 0 Å². The largest absolute Gasteiger partial charge is 0.481 e. The van der Waals surface area contributed by atoms with Gasteiger partial charge in [0.15, 0.2) is 10.8 Å². The molecule has 0 saturated carbocycles.